The number of ether oxygens (including phenoxy) is 1. The van der Waals surface area contributed by atoms with Crippen molar-refractivity contribution in [1.29, 1.82) is 5.26 Å². The minimum absolute atomic E-state index is 0.360. The first-order chi connectivity index (χ1) is 13.5. The number of benzene rings is 3. The Balaban J connectivity index is 1.86. The van der Waals surface area contributed by atoms with Gasteiger partial charge < -0.3 is 4.74 Å². The highest BCUT2D eigenvalue weighted by atomic mass is 79.9. The lowest BCUT2D eigenvalue weighted by Gasteiger charge is -2.12. The molecule has 0 atom stereocenters. The van der Waals surface area contributed by atoms with Crippen molar-refractivity contribution in [2.75, 3.05) is 0 Å². The van der Waals surface area contributed by atoms with E-state index in [1.54, 1.807) is 0 Å². The molecule has 3 aromatic carbocycles. The Morgan fingerprint density at radius 3 is 2.32 bits per heavy atom. The van der Waals surface area contributed by atoms with Gasteiger partial charge in [0.15, 0.2) is 0 Å². The van der Waals surface area contributed by atoms with Crippen LogP contribution < -0.4 is 4.74 Å². The van der Waals surface area contributed by atoms with E-state index in [0.717, 1.165) is 31.2 Å². The molecule has 2 nitrogen and oxygen atoms in total. The Labute approximate surface area is 186 Å². The largest absolute Gasteiger partial charge is 0.486 e. The first-order valence-electron chi connectivity index (χ1n) is 8.52. The maximum Gasteiger partial charge on any atom is 0.148 e. The normalized spacial score (nSPS) is 11.2. The lowest BCUT2D eigenvalue weighted by molar-refractivity contribution is 0.302. The zero-order valence-electron chi connectivity index (χ0n) is 15.0. The summed E-state index contributed by atoms with van der Waals surface area (Å²) in [4.78, 5) is 0. The van der Waals surface area contributed by atoms with E-state index in [-0.39, 0.29) is 0 Å². The molecule has 5 heteroatoms. The van der Waals surface area contributed by atoms with Crippen LogP contribution in [-0.2, 0) is 6.61 Å². The fraction of sp³-hybridized carbons (Fsp3) is 0.0870. The van der Waals surface area contributed by atoms with Gasteiger partial charge in [-0.25, -0.2) is 0 Å². The van der Waals surface area contributed by atoms with Crippen molar-refractivity contribution in [2.45, 2.75) is 13.5 Å². The summed E-state index contributed by atoms with van der Waals surface area (Å²) in [7, 11) is 0. The molecule has 0 aromatic heterocycles. The first kappa shape index (κ1) is 20.7. The van der Waals surface area contributed by atoms with Crippen LogP contribution in [0, 0.1) is 18.3 Å². The van der Waals surface area contributed by atoms with Gasteiger partial charge in [-0.15, -0.1) is 0 Å². The topological polar surface area (TPSA) is 33.0 Å². The zero-order valence-corrected chi connectivity index (χ0v) is 19.0. The quantitative estimate of drug-likeness (QED) is 0.255. The standard InChI is InChI=1S/C23H16Br2ClNO/c1-15-6-8-17(9-7-15)19(13-27)10-16-11-20(24)23(21(25)12-16)28-14-18-4-2-3-5-22(18)26/h2-12H,14H2,1H3/b19-10+. The van der Waals surface area contributed by atoms with E-state index in [1.165, 1.54) is 0 Å². The van der Waals surface area contributed by atoms with Crippen LogP contribution in [-0.4, -0.2) is 0 Å². The van der Waals surface area contributed by atoms with Gasteiger partial charge in [0.2, 0.25) is 0 Å². The average molecular weight is 518 g/mol. The lowest BCUT2D eigenvalue weighted by atomic mass is 10.0. The van der Waals surface area contributed by atoms with Crippen LogP contribution in [0.4, 0.5) is 0 Å². The molecular formula is C23H16Br2ClNO. The molecule has 0 fully saturated rings. The van der Waals surface area contributed by atoms with Crippen LogP contribution in [0.15, 0.2) is 69.6 Å². The minimum atomic E-state index is 0.360. The highest BCUT2D eigenvalue weighted by Gasteiger charge is 2.11. The van der Waals surface area contributed by atoms with Crippen molar-refractivity contribution < 1.29 is 4.74 Å². The number of hydrogen-bond acceptors (Lipinski definition) is 2. The molecular weight excluding hydrogens is 502 g/mol. The summed E-state index contributed by atoms with van der Waals surface area (Å²) in [5.74, 6) is 0.686. The van der Waals surface area contributed by atoms with Crippen molar-refractivity contribution in [3.8, 4) is 11.8 Å². The van der Waals surface area contributed by atoms with E-state index in [1.807, 2.05) is 73.7 Å². The fourth-order valence-electron chi connectivity index (χ4n) is 2.65. The Hall–Kier alpha value is -2.06. The Morgan fingerprint density at radius 1 is 1.07 bits per heavy atom. The number of nitrogens with zero attached hydrogens (tertiary/aromatic N) is 1. The van der Waals surface area contributed by atoms with E-state index in [0.29, 0.717) is 23.0 Å². The molecule has 3 rings (SSSR count). The SMILES string of the molecule is Cc1ccc(/C(C#N)=C/c2cc(Br)c(OCc3ccccc3Cl)c(Br)c2)cc1. The summed E-state index contributed by atoms with van der Waals surface area (Å²) in [6, 6.07) is 21.6. The van der Waals surface area contributed by atoms with Gasteiger partial charge in [0.1, 0.15) is 12.4 Å². The minimum Gasteiger partial charge on any atom is -0.486 e. The molecule has 140 valence electrons. The third kappa shape index (κ3) is 5.05. The monoisotopic (exact) mass is 515 g/mol. The summed E-state index contributed by atoms with van der Waals surface area (Å²) in [5.41, 5.74) is 4.45. The molecule has 0 aliphatic rings. The Bertz CT molecular complexity index is 1050. The molecule has 0 bridgehead atoms. The summed E-state index contributed by atoms with van der Waals surface area (Å²) < 4.78 is 7.54. The Morgan fingerprint density at radius 2 is 1.71 bits per heavy atom. The second-order valence-corrected chi connectivity index (χ2v) is 8.35. The molecule has 3 aromatic rings. The number of allylic oxidation sites excluding steroid dienone is 1. The van der Waals surface area contributed by atoms with Crippen LogP contribution in [0.1, 0.15) is 22.3 Å². The summed E-state index contributed by atoms with van der Waals surface area (Å²) in [6.45, 7) is 2.38. The number of nitriles is 1. The average Bonchev–Trinajstić information content (AvgIpc) is 2.67. The van der Waals surface area contributed by atoms with Gasteiger partial charge in [0, 0.05) is 10.6 Å². The van der Waals surface area contributed by atoms with E-state index in [4.69, 9.17) is 16.3 Å². The van der Waals surface area contributed by atoms with Crippen molar-refractivity contribution in [3.05, 3.63) is 96.9 Å². The second-order valence-electron chi connectivity index (χ2n) is 6.23. The molecule has 0 radical (unpaired) electrons. The van der Waals surface area contributed by atoms with Crippen LogP contribution in [0.2, 0.25) is 5.02 Å². The highest BCUT2D eigenvalue weighted by Crippen LogP contribution is 2.36. The maximum absolute atomic E-state index is 9.56. The summed E-state index contributed by atoms with van der Waals surface area (Å²) >= 11 is 13.3. The van der Waals surface area contributed by atoms with Gasteiger partial charge in [0.05, 0.1) is 20.6 Å². The molecule has 0 spiro atoms. The van der Waals surface area contributed by atoms with E-state index in [2.05, 4.69) is 37.9 Å². The van der Waals surface area contributed by atoms with Gasteiger partial charge in [0.25, 0.3) is 0 Å². The number of aryl methyl sites for hydroxylation is 1. The van der Waals surface area contributed by atoms with Crippen molar-refractivity contribution in [3.63, 3.8) is 0 Å². The van der Waals surface area contributed by atoms with Crippen molar-refractivity contribution in [2.24, 2.45) is 0 Å². The molecule has 0 saturated carbocycles. The highest BCUT2D eigenvalue weighted by molar-refractivity contribution is 9.11. The summed E-state index contributed by atoms with van der Waals surface area (Å²) in [6.07, 6.45) is 1.86. The van der Waals surface area contributed by atoms with Crippen molar-refractivity contribution in [1.82, 2.24) is 0 Å². The fourth-order valence-corrected chi connectivity index (χ4v) is 4.29. The van der Waals surface area contributed by atoms with Crippen LogP contribution in [0.3, 0.4) is 0 Å². The van der Waals surface area contributed by atoms with Gasteiger partial charge in [-0.2, -0.15) is 5.26 Å². The van der Waals surface area contributed by atoms with E-state index < -0.39 is 0 Å². The smallest absolute Gasteiger partial charge is 0.148 e. The molecule has 0 N–H and O–H groups in total. The molecule has 28 heavy (non-hydrogen) atoms. The van der Waals surface area contributed by atoms with Crippen LogP contribution in [0.25, 0.3) is 11.6 Å². The maximum atomic E-state index is 9.56. The van der Waals surface area contributed by atoms with E-state index >= 15 is 0 Å². The van der Waals surface area contributed by atoms with Crippen LogP contribution in [0.5, 0.6) is 5.75 Å². The predicted octanol–water partition coefficient (Wildman–Crippen LogP) is 7.82. The van der Waals surface area contributed by atoms with Gasteiger partial charge in [-0.1, -0.05) is 59.6 Å². The third-order valence-electron chi connectivity index (χ3n) is 4.14. The van der Waals surface area contributed by atoms with Gasteiger partial charge in [-0.05, 0) is 74.2 Å². The molecule has 0 aliphatic carbocycles. The van der Waals surface area contributed by atoms with Gasteiger partial charge in [-0.3, -0.25) is 0 Å². The van der Waals surface area contributed by atoms with E-state index in [9.17, 15) is 5.26 Å². The molecule has 0 saturated heterocycles. The number of halogens is 3. The lowest BCUT2D eigenvalue weighted by Crippen LogP contribution is -1.98. The first-order valence-corrected chi connectivity index (χ1v) is 10.5. The number of hydrogen-bond donors (Lipinski definition) is 0. The number of rotatable bonds is 5. The Kier molecular flexibility index (Phi) is 6.96. The third-order valence-corrected chi connectivity index (χ3v) is 5.69. The zero-order chi connectivity index (χ0) is 20.1. The molecule has 0 heterocycles. The van der Waals surface area contributed by atoms with Crippen LogP contribution >= 0.6 is 43.5 Å². The molecule has 0 amide bonds. The summed E-state index contributed by atoms with van der Waals surface area (Å²) in [5, 5.41) is 10.2. The van der Waals surface area contributed by atoms with Crippen molar-refractivity contribution >= 4 is 55.1 Å². The predicted molar refractivity (Wildman–Crippen MR) is 122 cm³/mol. The second kappa shape index (κ2) is 9.43. The van der Waals surface area contributed by atoms with Gasteiger partial charge >= 0.3 is 0 Å². The molecule has 0 aliphatic heterocycles. The molecule has 0 unspecified atom stereocenters.